The Morgan fingerprint density at radius 2 is 1.59 bits per heavy atom. The van der Waals surface area contributed by atoms with E-state index in [9.17, 15) is 18.0 Å². The molecule has 0 radical (unpaired) electrons. The van der Waals surface area contributed by atoms with Crippen LogP contribution in [0.2, 0.25) is 0 Å². The van der Waals surface area contributed by atoms with E-state index in [4.69, 9.17) is 0 Å². The van der Waals surface area contributed by atoms with Gasteiger partial charge in [0.15, 0.2) is 0 Å². The van der Waals surface area contributed by atoms with Gasteiger partial charge in [0.1, 0.15) is 0 Å². The molecule has 6 nitrogen and oxygen atoms in total. The Morgan fingerprint density at radius 1 is 0.963 bits per heavy atom. The number of rotatable bonds is 4. The molecule has 1 aliphatic rings. The summed E-state index contributed by atoms with van der Waals surface area (Å²) < 4.78 is 27.1. The number of hydrogen-bond donors (Lipinski definition) is 1. The predicted molar refractivity (Wildman–Crippen MR) is 102 cm³/mol. The number of nitrogens with zero attached hydrogens (tertiary/aromatic N) is 1. The molecule has 1 heterocycles. The Hall–Kier alpha value is -2.67. The average molecular weight is 386 g/mol. The summed E-state index contributed by atoms with van der Waals surface area (Å²) in [7, 11) is -4.02. The maximum Gasteiger partial charge on any atom is 0.265 e. The maximum atomic E-state index is 12.5. The molecule has 0 bridgehead atoms. The summed E-state index contributed by atoms with van der Waals surface area (Å²) in [6.07, 6.45) is 1.98. The number of benzene rings is 2. The van der Waals surface area contributed by atoms with Gasteiger partial charge in [0.25, 0.3) is 21.8 Å². The molecule has 0 saturated carbocycles. The zero-order valence-electron chi connectivity index (χ0n) is 15.4. The third kappa shape index (κ3) is 4.19. The lowest BCUT2D eigenvalue weighted by Crippen LogP contribution is -2.31. The van der Waals surface area contributed by atoms with Crippen molar-refractivity contribution in [3.8, 4) is 0 Å². The number of aryl methyl sites for hydroxylation is 2. The zero-order chi connectivity index (χ0) is 19.6. The predicted octanol–water partition coefficient (Wildman–Crippen LogP) is 2.66. The van der Waals surface area contributed by atoms with Crippen molar-refractivity contribution in [2.45, 2.75) is 31.6 Å². The summed E-state index contributed by atoms with van der Waals surface area (Å²) in [5, 5.41) is 0. The van der Waals surface area contributed by atoms with E-state index in [1.54, 1.807) is 24.0 Å². The number of hydrogen-bond acceptors (Lipinski definition) is 4. The molecule has 3 rings (SSSR count). The number of likely N-dealkylation sites (tertiary alicyclic amines) is 1. The van der Waals surface area contributed by atoms with Crippen molar-refractivity contribution in [3.05, 3.63) is 64.7 Å². The highest BCUT2D eigenvalue weighted by atomic mass is 32.2. The van der Waals surface area contributed by atoms with E-state index in [1.807, 2.05) is 13.0 Å². The molecule has 7 heteroatoms. The van der Waals surface area contributed by atoms with Gasteiger partial charge in [-0.05, 0) is 62.6 Å². The summed E-state index contributed by atoms with van der Waals surface area (Å²) in [6.45, 7) is 5.04. The molecule has 1 saturated heterocycles. The van der Waals surface area contributed by atoms with Crippen LogP contribution in [0, 0.1) is 13.8 Å². The topological polar surface area (TPSA) is 83.5 Å². The Labute approximate surface area is 159 Å². The minimum Gasteiger partial charge on any atom is -0.339 e. The van der Waals surface area contributed by atoms with Crippen molar-refractivity contribution in [2.24, 2.45) is 0 Å². The SMILES string of the molecule is Cc1ccc(C)c(C(=O)NS(=O)(=O)c2ccc(C(=O)N3CCCC3)cc2)c1. The lowest BCUT2D eigenvalue weighted by molar-refractivity contribution is 0.0792. The highest BCUT2D eigenvalue weighted by Crippen LogP contribution is 2.17. The van der Waals surface area contributed by atoms with Crippen LogP contribution in [0.15, 0.2) is 47.4 Å². The molecule has 0 aromatic heterocycles. The van der Waals surface area contributed by atoms with Gasteiger partial charge < -0.3 is 4.90 Å². The third-order valence-electron chi connectivity index (χ3n) is 4.67. The van der Waals surface area contributed by atoms with Crippen LogP contribution >= 0.6 is 0 Å². The fourth-order valence-electron chi connectivity index (χ4n) is 3.10. The molecule has 1 N–H and O–H groups in total. The number of sulfonamides is 1. The Bertz CT molecular complexity index is 976. The van der Waals surface area contributed by atoms with E-state index in [1.165, 1.54) is 24.3 Å². The Morgan fingerprint density at radius 3 is 2.22 bits per heavy atom. The molecule has 0 spiro atoms. The van der Waals surface area contributed by atoms with Crippen LogP contribution in [0.4, 0.5) is 0 Å². The van der Waals surface area contributed by atoms with Crippen LogP contribution in [0.25, 0.3) is 0 Å². The minimum atomic E-state index is -4.02. The van der Waals surface area contributed by atoms with Gasteiger partial charge in [0.05, 0.1) is 4.90 Å². The highest BCUT2D eigenvalue weighted by molar-refractivity contribution is 7.90. The molecule has 0 aliphatic carbocycles. The van der Waals surface area contributed by atoms with E-state index in [-0.39, 0.29) is 10.8 Å². The average Bonchev–Trinajstić information content (AvgIpc) is 3.17. The molecular weight excluding hydrogens is 364 g/mol. The first-order chi connectivity index (χ1) is 12.8. The molecule has 0 atom stereocenters. The quantitative estimate of drug-likeness (QED) is 0.876. The van der Waals surface area contributed by atoms with Gasteiger partial charge in [-0.3, -0.25) is 9.59 Å². The number of nitrogens with one attached hydrogen (secondary N) is 1. The Balaban J connectivity index is 1.77. The first-order valence-corrected chi connectivity index (χ1v) is 10.3. The molecule has 1 fully saturated rings. The first-order valence-electron chi connectivity index (χ1n) is 8.82. The Kier molecular flexibility index (Phi) is 5.32. The molecule has 2 aromatic carbocycles. The zero-order valence-corrected chi connectivity index (χ0v) is 16.2. The second kappa shape index (κ2) is 7.52. The van der Waals surface area contributed by atoms with Gasteiger partial charge in [-0.1, -0.05) is 17.7 Å². The van der Waals surface area contributed by atoms with Crippen LogP contribution in [-0.4, -0.2) is 38.2 Å². The fraction of sp³-hybridized carbons (Fsp3) is 0.300. The summed E-state index contributed by atoms with van der Waals surface area (Å²) in [6, 6.07) is 10.9. The first kappa shape index (κ1) is 19.1. The van der Waals surface area contributed by atoms with Crippen molar-refractivity contribution < 1.29 is 18.0 Å². The van der Waals surface area contributed by atoms with E-state index < -0.39 is 15.9 Å². The highest BCUT2D eigenvalue weighted by Gasteiger charge is 2.22. The van der Waals surface area contributed by atoms with Crippen LogP contribution in [0.5, 0.6) is 0 Å². The normalized spacial score (nSPS) is 14.2. The molecule has 1 aliphatic heterocycles. The molecule has 27 heavy (non-hydrogen) atoms. The maximum absolute atomic E-state index is 12.5. The molecule has 0 unspecified atom stereocenters. The van der Waals surface area contributed by atoms with E-state index in [2.05, 4.69) is 4.72 Å². The van der Waals surface area contributed by atoms with Gasteiger partial charge in [-0.15, -0.1) is 0 Å². The standard InChI is InChI=1S/C20H22N2O4S/c1-14-5-6-15(2)18(13-14)19(23)21-27(25,26)17-9-7-16(8-10-17)20(24)22-11-3-4-12-22/h5-10,13H,3-4,11-12H2,1-2H3,(H,21,23). The minimum absolute atomic E-state index is 0.0564. The van der Waals surface area contributed by atoms with Crippen LogP contribution in [-0.2, 0) is 10.0 Å². The van der Waals surface area contributed by atoms with Crippen LogP contribution < -0.4 is 4.72 Å². The summed E-state index contributed by atoms with van der Waals surface area (Å²) >= 11 is 0. The van der Waals surface area contributed by atoms with Crippen molar-refractivity contribution in [1.82, 2.24) is 9.62 Å². The monoisotopic (exact) mass is 386 g/mol. The summed E-state index contributed by atoms with van der Waals surface area (Å²) in [5.41, 5.74) is 2.32. The smallest absolute Gasteiger partial charge is 0.265 e. The molecule has 2 amide bonds. The van der Waals surface area contributed by atoms with Gasteiger partial charge in [0.2, 0.25) is 0 Å². The number of carbonyl (C=O) groups excluding carboxylic acids is 2. The molecule has 2 aromatic rings. The fourth-order valence-corrected chi connectivity index (χ4v) is 4.06. The number of amides is 2. The summed E-state index contributed by atoms with van der Waals surface area (Å²) in [4.78, 5) is 26.5. The second-order valence-electron chi connectivity index (χ2n) is 6.78. The molecular formula is C20H22N2O4S. The van der Waals surface area contributed by atoms with Gasteiger partial charge >= 0.3 is 0 Å². The van der Waals surface area contributed by atoms with Crippen molar-refractivity contribution in [2.75, 3.05) is 13.1 Å². The lowest BCUT2D eigenvalue weighted by Gasteiger charge is -2.15. The third-order valence-corrected chi connectivity index (χ3v) is 6.02. The van der Waals surface area contributed by atoms with Crippen molar-refractivity contribution in [1.29, 1.82) is 0 Å². The van der Waals surface area contributed by atoms with Gasteiger partial charge in [0, 0.05) is 24.2 Å². The van der Waals surface area contributed by atoms with E-state index >= 15 is 0 Å². The lowest BCUT2D eigenvalue weighted by atomic mass is 10.1. The molecule has 142 valence electrons. The van der Waals surface area contributed by atoms with Crippen LogP contribution in [0.1, 0.15) is 44.7 Å². The van der Waals surface area contributed by atoms with Crippen LogP contribution in [0.3, 0.4) is 0 Å². The van der Waals surface area contributed by atoms with Gasteiger partial charge in [-0.2, -0.15) is 0 Å². The van der Waals surface area contributed by atoms with Gasteiger partial charge in [-0.25, -0.2) is 13.1 Å². The van der Waals surface area contributed by atoms with E-state index in [0.717, 1.165) is 31.5 Å². The van der Waals surface area contributed by atoms with Crippen molar-refractivity contribution in [3.63, 3.8) is 0 Å². The number of carbonyl (C=O) groups is 2. The second-order valence-corrected chi connectivity index (χ2v) is 8.46. The van der Waals surface area contributed by atoms with E-state index in [0.29, 0.717) is 16.7 Å². The summed E-state index contributed by atoms with van der Waals surface area (Å²) in [5.74, 6) is -0.774. The van der Waals surface area contributed by atoms with Crippen molar-refractivity contribution >= 4 is 21.8 Å². The largest absolute Gasteiger partial charge is 0.339 e.